The molecule has 0 unspecified atom stereocenters. The van der Waals surface area contributed by atoms with Crippen LogP contribution in [0.2, 0.25) is 0 Å². The monoisotopic (exact) mass is 480 g/mol. The Morgan fingerprint density at radius 1 is 0.500 bits per heavy atom. The van der Waals surface area contributed by atoms with Crippen LogP contribution in [0, 0.1) is 5.41 Å². The number of hydrogen-bond acceptors (Lipinski definition) is 2. The minimum atomic E-state index is -1.58. The molecule has 0 aromatic carbocycles. The number of unbranched alkanes of at least 4 members (excludes halogenated alkanes) is 18. The summed E-state index contributed by atoms with van der Waals surface area (Å²) in [5.41, 5.74) is -1.58. The van der Waals surface area contributed by atoms with Crippen molar-refractivity contribution in [2.24, 2.45) is 5.41 Å². The van der Waals surface area contributed by atoms with Crippen LogP contribution >= 0.6 is 0 Å². The molecule has 0 aliphatic carbocycles. The Hall–Kier alpha value is 0.576. The molecular formula is C27H53KO4. The number of carbonyl (C=O) groups is 2. The predicted octanol–water partition coefficient (Wildman–Crippen LogP) is 5.88. The Bertz CT molecular complexity index is 406. The van der Waals surface area contributed by atoms with E-state index < -0.39 is 17.4 Å². The Morgan fingerprint density at radius 3 is 0.938 bits per heavy atom. The molecule has 0 spiro atoms. The maximum absolute atomic E-state index is 11.9. The second kappa shape index (κ2) is 24.7. The van der Waals surface area contributed by atoms with Crippen molar-refractivity contribution in [3.63, 3.8) is 0 Å². The van der Waals surface area contributed by atoms with E-state index in [1.165, 1.54) is 89.9 Å². The molecule has 0 atom stereocenters. The normalized spacial score (nSPS) is 11.3. The number of hydrogen-bond donors (Lipinski definition) is 2. The topological polar surface area (TPSA) is 74.6 Å². The van der Waals surface area contributed by atoms with Crippen LogP contribution in [-0.2, 0) is 9.59 Å². The van der Waals surface area contributed by atoms with Crippen LogP contribution in [0.4, 0.5) is 0 Å². The summed E-state index contributed by atoms with van der Waals surface area (Å²) in [4.78, 5) is 23.7. The molecule has 2 N–H and O–H groups in total. The molecule has 0 bridgehead atoms. The van der Waals surface area contributed by atoms with Gasteiger partial charge in [0.2, 0.25) is 0 Å². The molecule has 0 saturated carbocycles. The van der Waals surface area contributed by atoms with E-state index in [4.69, 9.17) is 0 Å². The van der Waals surface area contributed by atoms with E-state index in [0.29, 0.717) is 12.8 Å². The summed E-state index contributed by atoms with van der Waals surface area (Å²) in [6.45, 7) is 4.45. The second-order valence-corrected chi connectivity index (χ2v) is 9.56. The van der Waals surface area contributed by atoms with Crippen LogP contribution in [0.5, 0.6) is 0 Å². The zero-order chi connectivity index (χ0) is 23.2. The summed E-state index contributed by atoms with van der Waals surface area (Å²) in [5.74, 6) is -2.29. The van der Waals surface area contributed by atoms with Crippen LogP contribution in [0.3, 0.4) is 0 Å². The van der Waals surface area contributed by atoms with Crippen molar-refractivity contribution < 1.29 is 72.6 Å². The van der Waals surface area contributed by atoms with Crippen molar-refractivity contribution in [3.05, 3.63) is 0 Å². The molecule has 0 aliphatic rings. The molecule has 0 aromatic rings. The Kier molecular flexibility index (Phi) is 26.8. The summed E-state index contributed by atoms with van der Waals surface area (Å²) in [6, 6.07) is 0. The molecule has 0 radical (unpaired) electrons. The molecule has 0 fully saturated rings. The maximum atomic E-state index is 11.9. The summed E-state index contributed by atoms with van der Waals surface area (Å²) < 4.78 is 0. The fourth-order valence-electron chi connectivity index (χ4n) is 4.47. The molecule has 0 heterocycles. The third-order valence-electron chi connectivity index (χ3n) is 6.73. The molecule has 5 heteroatoms. The van der Waals surface area contributed by atoms with Gasteiger partial charge in [-0.05, 0) is 12.8 Å². The van der Waals surface area contributed by atoms with Crippen LogP contribution in [0.1, 0.15) is 157 Å². The Labute approximate surface area is 243 Å². The number of aliphatic carboxylic acids is 2. The van der Waals surface area contributed by atoms with Crippen molar-refractivity contribution in [2.45, 2.75) is 155 Å². The fourth-order valence-corrected chi connectivity index (χ4v) is 4.47. The SMILES string of the molecule is CCCCCCCCCCCCC(CCCCCCCCCCCC)(C(=O)O)C(=O)O.[H-].[K+]. The van der Waals surface area contributed by atoms with Crippen molar-refractivity contribution in [3.8, 4) is 0 Å². The van der Waals surface area contributed by atoms with Gasteiger partial charge in [0, 0.05) is 0 Å². The van der Waals surface area contributed by atoms with Crippen molar-refractivity contribution in [1.82, 2.24) is 0 Å². The molecule has 0 saturated heterocycles. The molecule has 186 valence electrons. The average molecular weight is 481 g/mol. The number of carboxylic acid groups (broad SMARTS) is 2. The molecule has 32 heavy (non-hydrogen) atoms. The zero-order valence-electron chi connectivity index (χ0n) is 22.8. The van der Waals surface area contributed by atoms with E-state index in [9.17, 15) is 19.8 Å². The predicted molar refractivity (Wildman–Crippen MR) is 132 cm³/mol. The molecule has 0 aliphatic heterocycles. The number of carboxylic acids is 2. The van der Waals surface area contributed by atoms with Gasteiger partial charge in [0.1, 0.15) is 0 Å². The van der Waals surface area contributed by atoms with E-state index in [-0.39, 0.29) is 65.7 Å². The van der Waals surface area contributed by atoms with Crippen LogP contribution < -0.4 is 51.4 Å². The first-order chi connectivity index (χ1) is 15.0. The minimum absolute atomic E-state index is 0. The van der Waals surface area contributed by atoms with Gasteiger partial charge >= 0.3 is 63.3 Å². The Balaban J connectivity index is -0.00000450. The van der Waals surface area contributed by atoms with Crippen molar-refractivity contribution in [1.29, 1.82) is 0 Å². The second-order valence-electron chi connectivity index (χ2n) is 9.56. The van der Waals surface area contributed by atoms with Crippen LogP contribution in [0.15, 0.2) is 0 Å². The molecule has 0 rings (SSSR count). The summed E-state index contributed by atoms with van der Waals surface area (Å²) >= 11 is 0. The largest absolute Gasteiger partial charge is 1.00 e. The first-order valence-electron chi connectivity index (χ1n) is 13.5. The smallest absolute Gasteiger partial charge is 1.00 e. The fraction of sp³-hybridized carbons (Fsp3) is 0.926. The maximum Gasteiger partial charge on any atom is 1.00 e. The van der Waals surface area contributed by atoms with Gasteiger partial charge in [0.15, 0.2) is 5.41 Å². The van der Waals surface area contributed by atoms with Gasteiger partial charge in [-0.3, -0.25) is 9.59 Å². The van der Waals surface area contributed by atoms with Crippen molar-refractivity contribution >= 4 is 11.9 Å². The standard InChI is InChI=1S/C27H52O4.K.H/c1-3-5-7-9-11-13-15-17-19-21-23-27(25(28)29,26(30)31)24-22-20-18-16-14-12-10-8-6-4-2;;/h3-24H2,1-2H3,(H,28,29)(H,30,31);;/q;+1;-1. The first kappa shape index (κ1) is 34.7. The third-order valence-corrected chi connectivity index (χ3v) is 6.73. The van der Waals surface area contributed by atoms with Gasteiger partial charge in [-0.15, -0.1) is 0 Å². The summed E-state index contributed by atoms with van der Waals surface area (Å²) in [6.07, 6.45) is 23.9. The van der Waals surface area contributed by atoms with Crippen molar-refractivity contribution in [2.75, 3.05) is 0 Å². The quantitative estimate of drug-likeness (QED) is 0.103. The van der Waals surface area contributed by atoms with Gasteiger partial charge in [0.05, 0.1) is 0 Å². The molecule has 4 nitrogen and oxygen atoms in total. The van der Waals surface area contributed by atoms with E-state index in [1.54, 1.807) is 0 Å². The average Bonchev–Trinajstić information content (AvgIpc) is 2.74. The van der Waals surface area contributed by atoms with Crippen LogP contribution in [-0.4, -0.2) is 22.2 Å². The van der Waals surface area contributed by atoms with Crippen LogP contribution in [0.25, 0.3) is 0 Å². The molecule has 0 amide bonds. The van der Waals surface area contributed by atoms with Gasteiger partial charge in [0.25, 0.3) is 0 Å². The van der Waals surface area contributed by atoms with Gasteiger partial charge in [-0.25, -0.2) is 0 Å². The molecule has 0 aromatic heterocycles. The number of rotatable bonds is 24. The zero-order valence-corrected chi connectivity index (χ0v) is 24.9. The van der Waals surface area contributed by atoms with Gasteiger partial charge in [-0.1, -0.05) is 142 Å². The van der Waals surface area contributed by atoms with E-state index in [0.717, 1.165) is 25.7 Å². The first-order valence-corrected chi connectivity index (χ1v) is 13.5. The van der Waals surface area contributed by atoms with E-state index in [2.05, 4.69) is 13.8 Å². The third kappa shape index (κ3) is 18.0. The molecular weight excluding hydrogens is 427 g/mol. The summed E-state index contributed by atoms with van der Waals surface area (Å²) in [7, 11) is 0. The van der Waals surface area contributed by atoms with E-state index in [1.807, 2.05) is 0 Å². The summed E-state index contributed by atoms with van der Waals surface area (Å²) in [5, 5.41) is 19.4. The van der Waals surface area contributed by atoms with Gasteiger partial charge < -0.3 is 11.6 Å². The van der Waals surface area contributed by atoms with Gasteiger partial charge in [-0.2, -0.15) is 0 Å². The minimum Gasteiger partial charge on any atom is -1.00 e. The Morgan fingerprint density at radius 2 is 0.719 bits per heavy atom. The van der Waals surface area contributed by atoms with E-state index >= 15 is 0 Å².